The van der Waals surface area contributed by atoms with Crippen LogP contribution in [-0.4, -0.2) is 103 Å². The number of nitrogens with zero attached hydrogens (tertiary/aromatic N) is 4. The molecule has 4 N–H and O–H groups in total. The van der Waals surface area contributed by atoms with E-state index in [2.05, 4.69) is 42.0 Å². The molecular weight excluding hydrogens is 892 g/mol. The SMILES string of the molecule is COc1cc2c(Oc3ccc(NC(=O)C4(C(=O)Nc5ccc(F)cc5)CC4)cc3)ccnc2cc1N1CCC(CN2C[C@@H]3C[C@H]2CN3CCCCC(=O)Nc2ccc(C3CCC(=O)NC3=O)cc2)CC1. The van der Waals surface area contributed by atoms with Crippen molar-refractivity contribution in [1.29, 1.82) is 0 Å². The van der Waals surface area contributed by atoms with Crippen molar-refractivity contribution in [2.24, 2.45) is 11.3 Å². The van der Waals surface area contributed by atoms with Gasteiger partial charge in [0.15, 0.2) is 0 Å². The number of fused-ring (bicyclic) bond motifs is 3. The molecule has 4 aromatic carbocycles. The number of anilines is 4. The molecule has 1 saturated carbocycles. The van der Waals surface area contributed by atoms with Crippen molar-refractivity contribution in [2.45, 2.75) is 82.2 Å². The molecule has 364 valence electrons. The van der Waals surface area contributed by atoms with Crippen LogP contribution in [0.5, 0.6) is 17.2 Å². The van der Waals surface area contributed by atoms with Gasteiger partial charge < -0.3 is 30.3 Å². The number of likely N-dealkylation sites (tertiary alicyclic amines) is 2. The fraction of sp³-hybridized carbons (Fsp3) is 0.407. The Labute approximate surface area is 406 Å². The molecule has 4 aliphatic heterocycles. The smallest absolute Gasteiger partial charge is 0.240 e. The third-order valence-corrected chi connectivity index (χ3v) is 14.9. The number of imide groups is 1. The van der Waals surface area contributed by atoms with E-state index in [4.69, 9.17) is 14.5 Å². The Morgan fingerprint density at radius 3 is 2.10 bits per heavy atom. The monoisotopic (exact) mass is 950 g/mol. The summed E-state index contributed by atoms with van der Waals surface area (Å²) in [7, 11) is 1.69. The molecule has 5 heterocycles. The van der Waals surface area contributed by atoms with Gasteiger partial charge >= 0.3 is 0 Å². The van der Waals surface area contributed by atoms with Crippen molar-refractivity contribution >= 4 is 63.2 Å². The maximum Gasteiger partial charge on any atom is 0.240 e. The van der Waals surface area contributed by atoms with Crippen LogP contribution in [-0.2, 0) is 24.0 Å². The molecule has 1 aliphatic carbocycles. The van der Waals surface area contributed by atoms with E-state index in [-0.39, 0.29) is 29.5 Å². The minimum atomic E-state index is -1.17. The lowest BCUT2D eigenvalue weighted by atomic mass is 9.90. The number of halogens is 1. The zero-order valence-corrected chi connectivity index (χ0v) is 39.4. The summed E-state index contributed by atoms with van der Waals surface area (Å²) < 4.78 is 25.7. The maximum absolute atomic E-state index is 13.3. The molecule has 16 heteroatoms. The maximum atomic E-state index is 13.3. The van der Waals surface area contributed by atoms with Gasteiger partial charge in [0.25, 0.3) is 0 Å². The molecule has 0 spiro atoms. The van der Waals surface area contributed by atoms with E-state index in [9.17, 15) is 28.4 Å². The van der Waals surface area contributed by atoms with Gasteiger partial charge in [0.2, 0.25) is 29.5 Å². The second-order valence-electron chi connectivity index (χ2n) is 19.5. The first-order valence-electron chi connectivity index (χ1n) is 24.6. The zero-order valence-electron chi connectivity index (χ0n) is 39.4. The molecule has 3 atom stereocenters. The number of hydrogen-bond acceptors (Lipinski definition) is 11. The minimum absolute atomic E-state index is 0.00528. The van der Waals surface area contributed by atoms with Crippen molar-refractivity contribution in [3.05, 3.63) is 109 Å². The highest BCUT2D eigenvalue weighted by Crippen LogP contribution is 2.48. The second kappa shape index (κ2) is 20.2. The number of benzene rings is 4. The van der Waals surface area contributed by atoms with Crippen LogP contribution < -0.4 is 35.6 Å². The minimum Gasteiger partial charge on any atom is -0.495 e. The number of rotatable bonds is 17. The van der Waals surface area contributed by atoms with Gasteiger partial charge in [-0.15, -0.1) is 0 Å². The zero-order chi connectivity index (χ0) is 48.4. The van der Waals surface area contributed by atoms with Gasteiger partial charge in [-0.1, -0.05) is 12.1 Å². The van der Waals surface area contributed by atoms with E-state index in [0.717, 1.165) is 92.9 Å². The fourth-order valence-electron chi connectivity index (χ4n) is 10.7. The highest BCUT2D eigenvalue weighted by molar-refractivity contribution is 6.17. The van der Waals surface area contributed by atoms with Crippen molar-refractivity contribution < 1.29 is 37.8 Å². The molecule has 1 aromatic heterocycles. The number of ether oxygens (including phenoxy) is 2. The van der Waals surface area contributed by atoms with Crippen LogP contribution in [0.1, 0.15) is 75.7 Å². The fourth-order valence-corrected chi connectivity index (χ4v) is 10.7. The Balaban J connectivity index is 0.656. The van der Waals surface area contributed by atoms with Crippen molar-refractivity contribution in [2.75, 3.05) is 67.2 Å². The number of piperazine rings is 1. The highest BCUT2D eigenvalue weighted by atomic mass is 19.1. The number of carbonyl (C=O) groups is 5. The van der Waals surface area contributed by atoms with Gasteiger partial charge in [-0.05, 0) is 148 Å². The van der Waals surface area contributed by atoms with E-state index in [1.54, 1.807) is 37.6 Å². The Hall–Kier alpha value is -6.91. The Bertz CT molecular complexity index is 2760. The number of nitrogens with one attached hydrogen (secondary N) is 4. The summed E-state index contributed by atoms with van der Waals surface area (Å²) in [4.78, 5) is 75.1. The molecule has 5 amide bonds. The summed E-state index contributed by atoms with van der Waals surface area (Å²) in [5, 5.41) is 11.8. The largest absolute Gasteiger partial charge is 0.495 e. The third-order valence-electron chi connectivity index (χ3n) is 14.9. The van der Waals surface area contributed by atoms with Crippen LogP contribution in [0.4, 0.5) is 27.1 Å². The summed E-state index contributed by atoms with van der Waals surface area (Å²) in [6, 6.07) is 26.9. The first kappa shape index (κ1) is 46.8. The lowest BCUT2D eigenvalue weighted by Crippen LogP contribution is -2.49. The quantitative estimate of drug-likeness (QED) is 0.0406. The molecule has 10 rings (SSSR count). The number of unbranched alkanes of at least 4 members (excludes halogenated alkanes) is 1. The number of aromatic nitrogens is 1. The number of hydrogen-bond donors (Lipinski definition) is 4. The highest BCUT2D eigenvalue weighted by Gasteiger charge is 2.56. The van der Waals surface area contributed by atoms with Gasteiger partial charge in [0.05, 0.1) is 24.2 Å². The molecule has 15 nitrogen and oxygen atoms in total. The molecule has 5 aliphatic rings. The van der Waals surface area contributed by atoms with Gasteiger partial charge in [-0.2, -0.15) is 0 Å². The van der Waals surface area contributed by atoms with Crippen LogP contribution in [0.3, 0.4) is 0 Å². The Morgan fingerprint density at radius 1 is 0.786 bits per heavy atom. The third kappa shape index (κ3) is 10.3. The van der Waals surface area contributed by atoms with Crippen molar-refractivity contribution in [3.8, 4) is 17.2 Å². The molecule has 1 unspecified atom stereocenters. The molecule has 70 heavy (non-hydrogen) atoms. The number of pyridine rings is 1. The van der Waals surface area contributed by atoms with Gasteiger partial charge in [-0.3, -0.25) is 44.1 Å². The first-order valence-corrected chi connectivity index (χ1v) is 24.6. The average molecular weight is 951 g/mol. The topological polar surface area (TPSA) is 175 Å². The van der Waals surface area contributed by atoms with Crippen LogP contribution in [0, 0.1) is 17.2 Å². The summed E-state index contributed by atoms with van der Waals surface area (Å²) in [6.45, 7) is 6.20. The summed E-state index contributed by atoms with van der Waals surface area (Å²) in [6.07, 6.45) is 9.13. The lowest BCUT2D eigenvalue weighted by molar-refractivity contribution is -0.134. The Kier molecular flexibility index (Phi) is 13.5. The molecule has 0 radical (unpaired) electrons. The van der Waals surface area contributed by atoms with E-state index in [1.165, 1.54) is 30.7 Å². The normalized spacial score (nSPS) is 21.1. The number of piperidine rings is 2. The summed E-state index contributed by atoms with van der Waals surface area (Å²) in [5.41, 5.74) is 3.18. The number of methoxy groups -OCH3 is 1. The van der Waals surface area contributed by atoms with Gasteiger partial charge in [0.1, 0.15) is 28.5 Å². The van der Waals surface area contributed by atoms with E-state index >= 15 is 0 Å². The molecule has 5 fully saturated rings. The lowest BCUT2D eigenvalue weighted by Gasteiger charge is -2.39. The molecular formula is C54H59FN8O7. The first-order chi connectivity index (χ1) is 34.0. The van der Waals surface area contributed by atoms with Gasteiger partial charge in [0, 0.05) is 86.3 Å². The molecule has 4 saturated heterocycles. The Morgan fingerprint density at radius 2 is 1.44 bits per heavy atom. The predicted molar refractivity (Wildman–Crippen MR) is 264 cm³/mol. The van der Waals surface area contributed by atoms with Crippen molar-refractivity contribution in [1.82, 2.24) is 20.1 Å². The van der Waals surface area contributed by atoms with Crippen LogP contribution >= 0.6 is 0 Å². The standard InChI is InChI=1S/C54H59FN8O7/c1-69-48-29-44-45(56-24-19-47(44)70-42-15-13-39(14-16-42)59-53(68)54(22-23-54)52(67)58-38-11-7-36(55)8-12-38)30-46(48)61-26-20-34(21-27-61)31-63-33-40-28-41(63)32-62(40)25-3-2-4-49(64)57-37-9-5-35(6-10-37)43-17-18-50(65)60-51(43)66/h5-16,19,24,29-30,34,40-41,43H,2-4,17-18,20-23,25-28,31-33H2,1H3,(H,57,64)(H,58,67)(H,59,68)(H,60,65,66)/t40-,41-,43?/m0/s1. The van der Waals surface area contributed by atoms with E-state index in [0.29, 0.717) is 78.7 Å². The van der Waals surface area contributed by atoms with Crippen LogP contribution in [0.2, 0.25) is 0 Å². The van der Waals surface area contributed by atoms with Crippen LogP contribution in [0.15, 0.2) is 97.2 Å². The van der Waals surface area contributed by atoms with Crippen molar-refractivity contribution in [3.63, 3.8) is 0 Å². The average Bonchev–Trinajstić information content (AvgIpc) is 3.97. The van der Waals surface area contributed by atoms with Gasteiger partial charge in [-0.25, -0.2) is 4.39 Å². The van der Waals surface area contributed by atoms with E-state index in [1.807, 2.05) is 36.4 Å². The van der Waals surface area contributed by atoms with E-state index < -0.39 is 17.1 Å². The van der Waals surface area contributed by atoms with Crippen LogP contribution in [0.25, 0.3) is 10.9 Å². The summed E-state index contributed by atoms with van der Waals surface area (Å²) in [5.74, 6) is 0.536. The second-order valence-corrected chi connectivity index (χ2v) is 19.5. The number of amides is 5. The molecule has 2 bridgehead atoms. The number of carbonyl (C=O) groups excluding carboxylic acids is 5. The predicted octanol–water partition coefficient (Wildman–Crippen LogP) is 7.84. The molecule has 5 aromatic rings. The summed E-state index contributed by atoms with van der Waals surface area (Å²) >= 11 is 0.